The summed E-state index contributed by atoms with van der Waals surface area (Å²) in [7, 11) is -3.91. The highest BCUT2D eigenvalue weighted by atomic mass is 32.2. The van der Waals surface area contributed by atoms with Crippen LogP contribution in [-0.4, -0.2) is 26.1 Å². The lowest BCUT2D eigenvalue weighted by molar-refractivity contribution is -0.143. The average molecular weight is 349 g/mol. The normalized spacial score (nSPS) is 12.5. The number of ether oxygens (including phenoxy) is 1. The molecule has 0 bridgehead atoms. The van der Waals surface area contributed by atoms with Crippen LogP contribution in [0.5, 0.6) is 5.75 Å². The Balaban J connectivity index is 2.29. The number of hydrogen-bond donors (Lipinski definition) is 2. The highest BCUT2D eigenvalue weighted by Crippen LogP contribution is 2.22. The van der Waals surface area contributed by atoms with Crippen molar-refractivity contribution >= 4 is 16.0 Å². The summed E-state index contributed by atoms with van der Waals surface area (Å²) >= 11 is 0. The molecule has 0 aromatic heterocycles. The minimum atomic E-state index is -3.91. The lowest BCUT2D eigenvalue weighted by Gasteiger charge is -2.18. The van der Waals surface area contributed by atoms with E-state index in [1.807, 2.05) is 0 Å². The van der Waals surface area contributed by atoms with Gasteiger partial charge in [0.25, 0.3) is 0 Å². The van der Waals surface area contributed by atoms with Crippen LogP contribution in [0.25, 0.3) is 0 Å². The van der Waals surface area contributed by atoms with Gasteiger partial charge in [-0.25, -0.2) is 13.1 Å². The van der Waals surface area contributed by atoms with E-state index in [-0.39, 0.29) is 23.7 Å². The molecule has 0 aliphatic carbocycles. The van der Waals surface area contributed by atoms with Gasteiger partial charge in [-0.3, -0.25) is 4.79 Å². The second-order valence-corrected chi connectivity index (χ2v) is 6.81. The number of carbonyl (C=O) groups excluding carboxylic acids is 1. The van der Waals surface area contributed by atoms with Crippen LogP contribution in [0, 0.1) is 0 Å². The number of aromatic hydroxyl groups is 1. The fourth-order valence-corrected chi connectivity index (χ4v) is 3.47. The fraction of sp³-hybridized carbons (Fsp3) is 0.235. The molecule has 128 valence electrons. The molecule has 2 rings (SSSR count). The van der Waals surface area contributed by atoms with Gasteiger partial charge in [0, 0.05) is 0 Å². The summed E-state index contributed by atoms with van der Waals surface area (Å²) in [4.78, 5) is 11.7. The molecule has 2 N–H and O–H groups in total. The SMILES string of the molecule is CCOC(=O)CC(NS(=O)(=O)c1cccc(O)c1)c1ccccc1. The van der Waals surface area contributed by atoms with Crippen LogP contribution in [0.3, 0.4) is 0 Å². The minimum absolute atomic E-state index is 0.0766. The molecule has 0 fully saturated rings. The molecule has 0 aliphatic rings. The molecule has 7 heteroatoms. The standard InChI is InChI=1S/C17H19NO5S/c1-2-23-17(20)12-16(13-7-4-3-5-8-13)18-24(21,22)15-10-6-9-14(19)11-15/h3-11,16,18-19H,2,12H2,1H3. The third-order valence-electron chi connectivity index (χ3n) is 3.30. The predicted molar refractivity (Wildman–Crippen MR) is 88.9 cm³/mol. The Morgan fingerprint density at radius 3 is 2.50 bits per heavy atom. The number of phenols is 1. The van der Waals surface area contributed by atoms with Gasteiger partial charge in [0.2, 0.25) is 10.0 Å². The minimum Gasteiger partial charge on any atom is -0.508 e. The predicted octanol–water partition coefficient (Wildman–Crippen LogP) is 2.37. The van der Waals surface area contributed by atoms with E-state index in [2.05, 4.69) is 4.72 Å². The van der Waals surface area contributed by atoms with Crippen molar-refractivity contribution in [3.05, 3.63) is 60.2 Å². The number of phenolic OH excluding ortho intramolecular Hbond substituents is 1. The van der Waals surface area contributed by atoms with Crippen LogP contribution in [-0.2, 0) is 19.6 Å². The van der Waals surface area contributed by atoms with Gasteiger partial charge < -0.3 is 9.84 Å². The maximum Gasteiger partial charge on any atom is 0.307 e. The van der Waals surface area contributed by atoms with Gasteiger partial charge in [-0.05, 0) is 30.7 Å². The summed E-state index contributed by atoms with van der Waals surface area (Å²) in [5, 5.41) is 9.48. The number of esters is 1. The van der Waals surface area contributed by atoms with Crippen molar-refractivity contribution in [3.8, 4) is 5.75 Å². The average Bonchev–Trinajstić information content (AvgIpc) is 2.55. The van der Waals surface area contributed by atoms with Crippen molar-refractivity contribution < 1.29 is 23.1 Å². The molecular weight excluding hydrogens is 330 g/mol. The van der Waals surface area contributed by atoms with Crippen LogP contribution >= 0.6 is 0 Å². The molecule has 2 aromatic carbocycles. The Hall–Kier alpha value is -2.38. The molecular formula is C17H19NO5S. The Morgan fingerprint density at radius 2 is 1.88 bits per heavy atom. The van der Waals surface area contributed by atoms with E-state index in [4.69, 9.17) is 4.74 Å². The molecule has 0 amide bonds. The summed E-state index contributed by atoms with van der Waals surface area (Å²) in [6.07, 6.45) is -0.129. The number of nitrogens with one attached hydrogen (secondary N) is 1. The van der Waals surface area contributed by atoms with Crippen LogP contribution in [0.4, 0.5) is 0 Å². The van der Waals surface area contributed by atoms with Crippen molar-refractivity contribution in [3.63, 3.8) is 0 Å². The largest absolute Gasteiger partial charge is 0.508 e. The first-order chi connectivity index (χ1) is 11.4. The molecule has 0 saturated heterocycles. The third-order valence-corrected chi connectivity index (χ3v) is 4.77. The lowest BCUT2D eigenvalue weighted by Crippen LogP contribution is -2.30. The van der Waals surface area contributed by atoms with Gasteiger partial charge in [0.05, 0.1) is 24.0 Å². The Kier molecular flexibility index (Phi) is 5.94. The zero-order valence-corrected chi connectivity index (χ0v) is 14.0. The van der Waals surface area contributed by atoms with Crippen LogP contribution in [0.2, 0.25) is 0 Å². The number of carbonyl (C=O) groups is 1. The first-order valence-corrected chi connectivity index (χ1v) is 8.92. The van der Waals surface area contributed by atoms with Gasteiger partial charge in [0.15, 0.2) is 0 Å². The van der Waals surface area contributed by atoms with Crippen molar-refractivity contribution in [1.82, 2.24) is 4.72 Å². The molecule has 0 heterocycles. The zero-order chi connectivity index (χ0) is 17.6. The summed E-state index contributed by atoms with van der Waals surface area (Å²) in [6.45, 7) is 1.91. The van der Waals surface area contributed by atoms with E-state index < -0.39 is 22.0 Å². The molecule has 1 atom stereocenters. The van der Waals surface area contributed by atoms with Crippen molar-refractivity contribution in [2.75, 3.05) is 6.61 Å². The highest BCUT2D eigenvalue weighted by Gasteiger charge is 2.24. The monoisotopic (exact) mass is 349 g/mol. The molecule has 0 spiro atoms. The quantitative estimate of drug-likeness (QED) is 0.749. The summed E-state index contributed by atoms with van der Waals surface area (Å²) < 4.78 is 32.5. The third kappa shape index (κ3) is 4.81. The summed E-state index contributed by atoms with van der Waals surface area (Å²) in [6, 6.07) is 13.4. The molecule has 24 heavy (non-hydrogen) atoms. The zero-order valence-electron chi connectivity index (χ0n) is 13.2. The first-order valence-electron chi connectivity index (χ1n) is 7.44. The van der Waals surface area contributed by atoms with Gasteiger partial charge in [-0.15, -0.1) is 0 Å². The Bertz CT molecular complexity index is 790. The topological polar surface area (TPSA) is 92.7 Å². The Morgan fingerprint density at radius 1 is 1.17 bits per heavy atom. The molecule has 1 unspecified atom stereocenters. The molecule has 0 radical (unpaired) electrons. The number of sulfonamides is 1. The van der Waals surface area contributed by atoms with E-state index in [1.165, 1.54) is 18.2 Å². The fourth-order valence-electron chi connectivity index (χ4n) is 2.21. The molecule has 2 aromatic rings. The Labute approximate surface area is 141 Å². The van der Waals surface area contributed by atoms with Crippen LogP contribution < -0.4 is 4.72 Å². The van der Waals surface area contributed by atoms with E-state index >= 15 is 0 Å². The first kappa shape index (κ1) is 18.0. The van der Waals surface area contributed by atoms with Gasteiger partial charge in [0.1, 0.15) is 5.75 Å². The van der Waals surface area contributed by atoms with Crippen molar-refractivity contribution in [1.29, 1.82) is 0 Å². The maximum atomic E-state index is 12.5. The molecule has 0 aliphatic heterocycles. The van der Waals surface area contributed by atoms with Crippen LogP contribution in [0.1, 0.15) is 24.9 Å². The number of benzene rings is 2. The second kappa shape index (κ2) is 7.94. The van der Waals surface area contributed by atoms with Crippen molar-refractivity contribution in [2.24, 2.45) is 0 Å². The van der Waals surface area contributed by atoms with E-state index in [0.717, 1.165) is 6.07 Å². The highest BCUT2D eigenvalue weighted by molar-refractivity contribution is 7.89. The van der Waals surface area contributed by atoms with Crippen LogP contribution in [0.15, 0.2) is 59.5 Å². The molecule has 6 nitrogen and oxygen atoms in total. The van der Waals surface area contributed by atoms with Gasteiger partial charge >= 0.3 is 5.97 Å². The molecule has 0 saturated carbocycles. The van der Waals surface area contributed by atoms with Gasteiger partial charge in [-0.2, -0.15) is 0 Å². The van der Waals surface area contributed by atoms with E-state index in [9.17, 15) is 18.3 Å². The smallest absolute Gasteiger partial charge is 0.307 e. The van der Waals surface area contributed by atoms with Gasteiger partial charge in [-0.1, -0.05) is 36.4 Å². The lowest BCUT2D eigenvalue weighted by atomic mass is 10.1. The summed E-state index contributed by atoms with van der Waals surface area (Å²) in [5.41, 5.74) is 0.647. The maximum absolute atomic E-state index is 12.5. The second-order valence-electron chi connectivity index (χ2n) is 5.09. The van der Waals surface area contributed by atoms with E-state index in [0.29, 0.717) is 5.56 Å². The number of hydrogen-bond acceptors (Lipinski definition) is 5. The number of rotatable bonds is 7. The van der Waals surface area contributed by atoms with Crippen molar-refractivity contribution in [2.45, 2.75) is 24.3 Å². The summed E-state index contributed by atoms with van der Waals surface area (Å²) in [5.74, 6) is -0.649. The van der Waals surface area contributed by atoms with E-state index in [1.54, 1.807) is 37.3 Å².